The van der Waals surface area contributed by atoms with Crippen molar-refractivity contribution in [3.63, 3.8) is 0 Å². The molecule has 130 valence electrons. The zero-order chi connectivity index (χ0) is 16.9. The number of fused-ring (bicyclic) bond motifs is 3. The molecule has 3 aliphatic rings. The van der Waals surface area contributed by atoms with Gasteiger partial charge in [-0.1, -0.05) is 13.3 Å². The number of sulfonamides is 1. The van der Waals surface area contributed by atoms with Gasteiger partial charge < -0.3 is 4.90 Å². The summed E-state index contributed by atoms with van der Waals surface area (Å²) in [5.41, 5.74) is 1.81. The SMILES string of the molecule is CCC(=O)N1CCc2cc(S(=O)(=O)N[C@@H]3C[C@H]4CC[C@@H]3C4)ccc21. The number of benzene rings is 1. The third-order valence-corrected chi connectivity index (χ3v) is 7.39. The summed E-state index contributed by atoms with van der Waals surface area (Å²) in [4.78, 5) is 14.0. The molecule has 0 spiro atoms. The van der Waals surface area contributed by atoms with E-state index < -0.39 is 10.0 Å². The minimum absolute atomic E-state index is 0.0875. The highest BCUT2D eigenvalue weighted by atomic mass is 32.2. The molecule has 1 aliphatic heterocycles. The van der Waals surface area contributed by atoms with Gasteiger partial charge in [0.25, 0.3) is 0 Å². The van der Waals surface area contributed by atoms with E-state index in [-0.39, 0.29) is 11.9 Å². The molecular formula is C18H24N2O3S. The number of hydrogen-bond donors (Lipinski definition) is 1. The lowest BCUT2D eigenvalue weighted by atomic mass is 9.96. The Bertz CT molecular complexity index is 774. The summed E-state index contributed by atoms with van der Waals surface area (Å²) in [6.07, 6.45) is 5.74. The first kappa shape index (κ1) is 16.1. The molecule has 0 aromatic heterocycles. The Morgan fingerprint density at radius 1 is 1.29 bits per heavy atom. The highest BCUT2D eigenvalue weighted by molar-refractivity contribution is 7.89. The van der Waals surface area contributed by atoms with E-state index in [0.717, 1.165) is 30.5 Å². The number of carbonyl (C=O) groups excluding carboxylic acids is 1. The van der Waals surface area contributed by atoms with Crippen LogP contribution < -0.4 is 9.62 Å². The molecule has 1 N–H and O–H groups in total. The zero-order valence-corrected chi connectivity index (χ0v) is 14.8. The molecule has 2 aliphatic carbocycles. The lowest BCUT2D eigenvalue weighted by molar-refractivity contribution is -0.118. The second-order valence-corrected chi connectivity index (χ2v) is 9.06. The fraction of sp³-hybridized carbons (Fsp3) is 0.611. The molecule has 2 bridgehead atoms. The van der Waals surface area contributed by atoms with E-state index >= 15 is 0 Å². The first-order valence-corrected chi connectivity index (χ1v) is 10.4. The van der Waals surface area contributed by atoms with Gasteiger partial charge in [-0.3, -0.25) is 4.79 Å². The molecule has 2 saturated carbocycles. The average Bonchev–Trinajstić information content (AvgIpc) is 3.27. The van der Waals surface area contributed by atoms with Crippen LogP contribution in [-0.4, -0.2) is 26.9 Å². The number of carbonyl (C=O) groups is 1. The standard InChI is InChI=1S/C18H24N2O3S/c1-2-18(21)20-8-7-14-11-15(5-6-17(14)20)24(22,23)19-16-10-12-3-4-13(16)9-12/h5-6,11-13,16,19H,2-4,7-10H2,1H3/t12-,13+,16+/m0/s1. The van der Waals surface area contributed by atoms with Crippen molar-refractivity contribution in [2.24, 2.45) is 11.8 Å². The van der Waals surface area contributed by atoms with E-state index in [2.05, 4.69) is 4.72 Å². The highest BCUT2D eigenvalue weighted by Gasteiger charge is 2.41. The predicted octanol–water partition coefficient (Wildman–Crippen LogP) is 2.45. The van der Waals surface area contributed by atoms with Crippen molar-refractivity contribution in [2.75, 3.05) is 11.4 Å². The summed E-state index contributed by atoms with van der Waals surface area (Å²) in [6.45, 7) is 2.49. The molecule has 1 aromatic rings. The van der Waals surface area contributed by atoms with Crippen molar-refractivity contribution in [1.82, 2.24) is 4.72 Å². The molecule has 1 aromatic carbocycles. The summed E-state index contributed by atoms with van der Waals surface area (Å²) >= 11 is 0. The Kier molecular flexibility index (Phi) is 3.92. The van der Waals surface area contributed by atoms with Crippen LogP contribution in [0.5, 0.6) is 0 Å². The van der Waals surface area contributed by atoms with E-state index in [9.17, 15) is 13.2 Å². The first-order chi connectivity index (χ1) is 11.5. The molecule has 1 amide bonds. The van der Waals surface area contributed by atoms with E-state index in [1.807, 2.05) is 6.92 Å². The topological polar surface area (TPSA) is 66.5 Å². The monoisotopic (exact) mass is 348 g/mol. The summed E-state index contributed by atoms with van der Waals surface area (Å²) in [6, 6.07) is 5.26. The summed E-state index contributed by atoms with van der Waals surface area (Å²) in [5.74, 6) is 1.30. The number of amides is 1. The van der Waals surface area contributed by atoms with Crippen LogP contribution in [0.3, 0.4) is 0 Å². The van der Waals surface area contributed by atoms with Crippen LogP contribution >= 0.6 is 0 Å². The maximum absolute atomic E-state index is 12.7. The van der Waals surface area contributed by atoms with Crippen molar-refractivity contribution in [3.8, 4) is 0 Å². The van der Waals surface area contributed by atoms with Crippen molar-refractivity contribution >= 4 is 21.6 Å². The highest BCUT2D eigenvalue weighted by Crippen LogP contribution is 2.45. The van der Waals surface area contributed by atoms with E-state index in [0.29, 0.717) is 29.7 Å². The Morgan fingerprint density at radius 2 is 2.12 bits per heavy atom. The number of anilines is 1. The van der Waals surface area contributed by atoms with Gasteiger partial charge in [-0.15, -0.1) is 0 Å². The van der Waals surface area contributed by atoms with Crippen LogP contribution in [-0.2, 0) is 21.2 Å². The number of nitrogens with zero attached hydrogens (tertiary/aromatic N) is 1. The van der Waals surface area contributed by atoms with Gasteiger partial charge in [-0.2, -0.15) is 0 Å². The van der Waals surface area contributed by atoms with E-state index in [4.69, 9.17) is 0 Å². The molecule has 0 saturated heterocycles. The van der Waals surface area contributed by atoms with E-state index in [1.54, 1.807) is 23.1 Å². The number of hydrogen-bond acceptors (Lipinski definition) is 3. The predicted molar refractivity (Wildman–Crippen MR) is 92.3 cm³/mol. The van der Waals surface area contributed by atoms with Gasteiger partial charge in [0.05, 0.1) is 4.90 Å². The van der Waals surface area contributed by atoms with Gasteiger partial charge >= 0.3 is 0 Å². The third kappa shape index (κ3) is 2.65. The van der Waals surface area contributed by atoms with Crippen LogP contribution in [0.15, 0.2) is 23.1 Å². The van der Waals surface area contributed by atoms with Gasteiger partial charge in [0.1, 0.15) is 0 Å². The van der Waals surface area contributed by atoms with E-state index in [1.165, 1.54) is 12.8 Å². The lowest BCUT2D eigenvalue weighted by Crippen LogP contribution is -2.38. The van der Waals surface area contributed by atoms with Gasteiger partial charge in [-0.05, 0) is 61.3 Å². The average molecular weight is 348 g/mol. The quantitative estimate of drug-likeness (QED) is 0.909. The number of rotatable bonds is 4. The maximum Gasteiger partial charge on any atom is 0.240 e. The molecule has 1 heterocycles. The second kappa shape index (κ2) is 5.85. The molecular weight excluding hydrogens is 324 g/mol. The third-order valence-electron chi connectivity index (χ3n) is 5.90. The molecule has 0 unspecified atom stereocenters. The van der Waals surface area contributed by atoms with Crippen LogP contribution in [0.1, 0.15) is 44.6 Å². The van der Waals surface area contributed by atoms with Crippen LogP contribution in [0, 0.1) is 11.8 Å². The minimum atomic E-state index is -3.48. The zero-order valence-electron chi connectivity index (χ0n) is 14.0. The van der Waals surface area contributed by atoms with Crippen LogP contribution in [0.25, 0.3) is 0 Å². The smallest absolute Gasteiger partial charge is 0.240 e. The Morgan fingerprint density at radius 3 is 2.79 bits per heavy atom. The van der Waals surface area contributed by atoms with Crippen molar-refractivity contribution in [3.05, 3.63) is 23.8 Å². The summed E-state index contributed by atoms with van der Waals surface area (Å²) < 4.78 is 28.4. The fourth-order valence-corrected chi connectivity index (χ4v) is 6.02. The van der Waals surface area contributed by atoms with Gasteiger partial charge in [0.2, 0.25) is 15.9 Å². The second-order valence-electron chi connectivity index (χ2n) is 7.34. The Labute approximate surface area is 143 Å². The Balaban J connectivity index is 1.55. The first-order valence-electron chi connectivity index (χ1n) is 8.93. The van der Waals surface area contributed by atoms with Gasteiger partial charge in [0.15, 0.2) is 0 Å². The molecule has 0 radical (unpaired) electrons. The van der Waals surface area contributed by atoms with Crippen molar-refractivity contribution in [1.29, 1.82) is 0 Å². The molecule has 6 heteroatoms. The van der Waals surface area contributed by atoms with Crippen LogP contribution in [0.2, 0.25) is 0 Å². The largest absolute Gasteiger partial charge is 0.312 e. The van der Waals surface area contributed by atoms with Crippen LogP contribution in [0.4, 0.5) is 5.69 Å². The summed E-state index contributed by atoms with van der Waals surface area (Å²) in [7, 11) is -3.48. The fourth-order valence-electron chi connectivity index (χ4n) is 4.65. The minimum Gasteiger partial charge on any atom is -0.312 e. The van der Waals surface area contributed by atoms with Crippen molar-refractivity contribution in [2.45, 2.75) is 56.4 Å². The normalized spacial score (nSPS) is 28.4. The van der Waals surface area contributed by atoms with Gasteiger partial charge in [-0.25, -0.2) is 13.1 Å². The van der Waals surface area contributed by atoms with Crippen molar-refractivity contribution < 1.29 is 13.2 Å². The lowest BCUT2D eigenvalue weighted by Gasteiger charge is -2.23. The van der Waals surface area contributed by atoms with Gasteiger partial charge in [0, 0.05) is 24.7 Å². The molecule has 2 fully saturated rings. The summed E-state index contributed by atoms with van der Waals surface area (Å²) in [5, 5.41) is 0. The Hall–Kier alpha value is -1.40. The molecule has 4 rings (SSSR count). The maximum atomic E-state index is 12.7. The molecule has 5 nitrogen and oxygen atoms in total. The number of nitrogens with one attached hydrogen (secondary N) is 1. The molecule has 3 atom stereocenters. The molecule has 24 heavy (non-hydrogen) atoms.